The van der Waals surface area contributed by atoms with Gasteiger partial charge in [0.25, 0.3) is 0 Å². The van der Waals surface area contributed by atoms with Crippen molar-refractivity contribution in [3.8, 4) is 6.42 Å². The molecule has 7 heavy (non-hydrogen) atoms. The minimum atomic E-state index is 0. The second kappa shape index (κ2) is 72.1. The number of terminal acetylenes is 1. The Morgan fingerprint density at radius 1 is 1.57 bits per heavy atom. The quantitative estimate of drug-likeness (QED) is 0.210. The Kier molecular flexibility index (Phi) is 258. The number of halogens is 1. The Morgan fingerprint density at radius 2 is 1.57 bits per heavy atom. The third kappa shape index (κ3) is 262. The van der Waals surface area contributed by atoms with E-state index in [4.69, 9.17) is 11.5 Å². The van der Waals surface area contributed by atoms with Gasteiger partial charge in [0, 0.05) is 0 Å². The molecule has 0 radical (unpaired) electrons. The molecule has 0 fully saturated rings. The fourth-order valence-electron chi connectivity index (χ4n) is 0. The topological polar surface area (TPSA) is 23.1 Å². The summed E-state index contributed by atoms with van der Waals surface area (Å²) in [6, 6.07) is 0. The van der Waals surface area contributed by atoms with Gasteiger partial charge in [-0.15, -0.1) is 6.61 Å². The Bertz CT molecular complexity index is 22.9. The molecule has 0 heterocycles. The van der Waals surface area contributed by atoms with Crippen molar-refractivity contribution in [2.24, 2.45) is 0 Å². The third-order valence-electron chi connectivity index (χ3n) is 0. The monoisotopic (exact) mass is 173 g/mol. The predicted octanol–water partition coefficient (Wildman–Crippen LogP) is -3.80. The SMILES string of the molecule is CC[O-].[Br-].[C-]#C.[Mg+2]. The standard InChI is InChI=1S/C2H5O.C2H.BrH.Mg/c1-2-3;1-2;;/h2H2,1H3;1H;1H;/q2*-1;;+2/p-1. The molecule has 0 aliphatic rings. The van der Waals surface area contributed by atoms with E-state index in [1.165, 1.54) is 0 Å². The normalized spacial score (nSPS) is 2.86. The van der Waals surface area contributed by atoms with E-state index in [9.17, 15) is 0 Å². The fourth-order valence-corrected chi connectivity index (χ4v) is 0. The molecule has 0 saturated heterocycles. The average Bonchev–Trinajstić information content (AvgIpc) is 1.46. The molecule has 0 atom stereocenters. The first kappa shape index (κ1) is 25.1. The van der Waals surface area contributed by atoms with E-state index in [1.807, 2.05) is 0 Å². The van der Waals surface area contributed by atoms with Crippen LogP contribution in [0.2, 0.25) is 0 Å². The summed E-state index contributed by atoms with van der Waals surface area (Å²) in [5, 5.41) is 8.93. The maximum atomic E-state index is 8.93. The second-order valence-corrected chi connectivity index (χ2v) is 0.289. The summed E-state index contributed by atoms with van der Waals surface area (Å²) in [6.07, 6.45) is 9.00. The van der Waals surface area contributed by atoms with Gasteiger partial charge in [-0.25, -0.2) is 0 Å². The van der Waals surface area contributed by atoms with Gasteiger partial charge in [-0.3, -0.25) is 0 Å². The minimum Gasteiger partial charge on any atom is -1.00 e. The summed E-state index contributed by atoms with van der Waals surface area (Å²) >= 11 is 0. The molecule has 0 aromatic carbocycles. The maximum absolute atomic E-state index is 8.93. The molecule has 0 spiro atoms. The van der Waals surface area contributed by atoms with E-state index >= 15 is 0 Å². The Hall–Kier alpha value is 0.766. The molecule has 0 aliphatic carbocycles. The van der Waals surface area contributed by atoms with Crippen LogP contribution >= 0.6 is 0 Å². The van der Waals surface area contributed by atoms with Crippen LogP contribution in [0.25, 0.3) is 0 Å². The molecule has 1 nitrogen and oxygen atoms in total. The van der Waals surface area contributed by atoms with E-state index in [0.29, 0.717) is 0 Å². The molecule has 3 heteroatoms. The molecule has 0 rings (SSSR count). The van der Waals surface area contributed by atoms with E-state index in [2.05, 4.69) is 6.42 Å². The summed E-state index contributed by atoms with van der Waals surface area (Å²) in [6.45, 7) is 1.57. The van der Waals surface area contributed by atoms with Gasteiger partial charge in [-0.1, -0.05) is 6.92 Å². The minimum absolute atomic E-state index is 0. The second-order valence-electron chi connectivity index (χ2n) is 0.289. The maximum Gasteiger partial charge on any atom is 2.00 e. The molecular formula is C4H6BrMgO-. The van der Waals surface area contributed by atoms with Gasteiger partial charge in [0.1, 0.15) is 0 Å². The Labute approximate surface area is 71.4 Å². The van der Waals surface area contributed by atoms with Crippen LogP contribution in [0.4, 0.5) is 0 Å². The molecule has 38 valence electrons. The molecule has 0 aromatic rings. The van der Waals surface area contributed by atoms with E-state index in [-0.39, 0.29) is 46.6 Å². The predicted molar refractivity (Wildman–Crippen MR) is 24.5 cm³/mol. The molecular weight excluding hydrogens is 168 g/mol. The van der Waals surface area contributed by atoms with Crippen molar-refractivity contribution in [2.45, 2.75) is 6.92 Å². The van der Waals surface area contributed by atoms with Gasteiger partial charge in [0.05, 0.1) is 0 Å². The van der Waals surface area contributed by atoms with E-state index in [0.717, 1.165) is 0 Å². The van der Waals surface area contributed by atoms with Gasteiger partial charge in [-0.05, 0) is 0 Å². The summed E-state index contributed by atoms with van der Waals surface area (Å²) in [7, 11) is 0. The number of hydrogen-bond donors (Lipinski definition) is 0. The zero-order valence-electron chi connectivity index (χ0n) is 4.28. The van der Waals surface area contributed by atoms with Crippen molar-refractivity contribution in [3.63, 3.8) is 0 Å². The summed E-state index contributed by atoms with van der Waals surface area (Å²) < 4.78 is 0. The Morgan fingerprint density at radius 3 is 1.57 bits per heavy atom. The largest absolute Gasteiger partial charge is 2.00 e. The number of rotatable bonds is 0. The number of hydrogen-bond acceptors (Lipinski definition) is 1. The van der Waals surface area contributed by atoms with Crippen LogP contribution in [0.3, 0.4) is 0 Å². The van der Waals surface area contributed by atoms with E-state index in [1.54, 1.807) is 6.92 Å². The van der Waals surface area contributed by atoms with Crippen LogP contribution in [0.15, 0.2) is 0 Å². The van der Waals surface area contributed by atoms with Crippen molar-refractivity contribution in [2.75, 3.05) is 6.61 Å². The van der Waals surface area contributed by atoms with Crippen molar-refractivity contribution in [3.05, 3.63) is 6.42 Å². The van der Waals surface area contributed by atoms with Crippen molar-refractivity contribution >= 4 is 23.1 Å². The third-order valence-corrected chi connectivity index (χ3v) is 0. The van der Waals surface area contributed by atoms with Gasteiger partial charge in [0.15, 0.2) is 0 Å². The Balaban J connectivity index is -0.0000000105. The van der Waals surface area contributed by atoms with Gasteiger partial charge in [0.2, 0.25) is 0 Å². The van der Waals surface area contributed by atoms with Crippen LogP contribution in [0, 0.1) is 12.8 Å². The van der Waals surface area contributed by atoms with Gasteiger partial charge < -0.3 is 34.9 Å². The van der Waals surface area contributed by atoms with Crippen molar-refractivity contribution < 1.29 is 22.1 Å². The van der Waals surface area contributed by atoms with Gasteiger partial charge in [-0.2, -0.15) is 0 Å². The molecule has 0 aromatic heterocycles. The van der Waals surface area contributed by atoms with Gasteiger partial charge >= 0.3 is 23.1 Å². The molecule has 0 saturated carbocycles. The average molecular weight is 174 g/mol. The summed E-state index contributed by atoms with van der Waals surface area (Å²) in [5.41, 5.74) is 0. The van der Waals surface area contributed by atoms with Crippen LogP contribution in [0.1, 0.15) is 6.92 Å². The first-order valence-electron chi connectivity index (χ1n) is 1.28. The fraction of sp³-hybridized carbons (Fsp3) is 0.500. The molecule has 0 aliphatic heterocycles. The summed E-state index contributed by atoms with van der Waals surface area (Å²) in [4.78, 5) is 0. The first-order chi connectivity index (χ1) is 2.41. The molecule has 0 bridgehead atoms. The zero-order valence-corrected chi connectivity index (χ0v) is 7.28. The van der Waals surface area contributed by atoms with Crippen LogP contribution < -0.4 is 22.1 Å². The molecule has 0 N–H and O–H groups in total. The van der Waals surface area contributed by atoms with Crippen molar-refractivity contribution in [1.82, 2.24) is 0 Å². The van der Waals surface area contributed by atoms with Crippen LogP contribution in [-0.2, 0) is 0 Å². The first-order valence-corrected chi connectivity index (χ1v) is 1.28. The smallest absolute Gasteiger partial charge is 1.00 e. The van der Waals surface area contributed by atoms with Crippen molar-refractivity contribution in [1.29, 1.82) is 0 Å². The van der Waals surface area contributed by atoms with Crippen LogP contribution in [0.5, 0.6) is 0 Å². The molecule has 0 amide bonds. The summed E-state index contributed by atoms with van der Waals surface area (Å²) in [5.74, 6) is 0. The van der Waals surface area contributed by atoms with Crippen LogP contribution in [-0.4, -0.2) is 29.7 Å². The van der Waals surface area contributed by atoms with E-state index < -0.39 is 0 Å². The molecule has 0 unspecified atom stereocenters. The zero-order chi connectivity index (χ0) is 4.71.